The van der Waals surface area contributed by atoms with Gasteiger partial charge in [0, 0.05) is 24.0 Å². The monoisotopic (exact) mass is 315 g/mol. The van der Waals surface area contributed by atoms with E-state index >= 15 is 0 Å². The molecule has 0 radical (unpaired) electrons. The first kappa shape index (κ1) is 14.9. The average molecular weight is 315 g/mol. The fraction of sp³-hybridized carbons (Fsp3) is 0.250. The quantitative estimate of drug-likeness (QED) is 0.822. The van der Waals surface area contributed by atoms with E-state index in [-0.39, 0.29) is 12.2 Å². The highest BCUT2D eigenvalue weighted by Crippen LogP contribution is 2.17. The van der Waals surface area contributed by atoms with Crippen LogP contribution in [-0.4, -0.2) is 19.9 Å². The molecule has 0 unspecified atom stereocenters. The molecule has 5 nitrogen and oxygen atoms in total. The standard InChI is InChI=1S/C12H14FN3O2S2/c1-8-16-10(7-19-8)4-5-15-20(17,18)12-6-9(14)2-3-11(12)13/h2-3,6-7,15H,4-5,14H2,1H3. The Morgan fingerprint density at radius 2 is 2.20 bits per heavy atom. The van der Waals surface area contributed by atoms with E-state index in [0.717, 1.165) is 22.8 Å². The van der Waals surface area contributed by atoms with E-state index in [1.54, 1.807) is 0 Å². The minimum absolute atomic E-state index is 0.153. The van der Waals surface area contributed by atoms with E-state index in [9.17, 15) is 12.8 Å². The van der Waals surface area contributed by atoms with Crippen molar-refractivity contribution in [3.05, 3.63) is 40.1 Å². The van der Waals surface area contributed by atoms with Gasteiger partial charge in [-0.25, -0.2) is 22.5 Å². The molecule has 20 heavy (non-hydrogen) atoms. The molecule has 0 aliphatic heterocycles. The Kier molecular flexibility index (Phi) is 4.36. The van der Waals surface area contributed by atoms with E-state index in [0.29, 0.717) is 6.42 Å². The average Bonchev–Trinajstić information content (AvgIpc) is 2.78. The Bertz CT molecular complexity index is 713. The number of aryl methyl sites for hydroxylation is 1. The fourth-order valence-electron chi connectivity index (χ4n) is 1.64. The van der Waals surface area contributed by atoms with Gasteiger partial charge < -0.3 is 5.73 Å². The largest absolute Gasteiger partial charge is 0.399 e. The maximum Gasteiger partial charge on any atom is 0.243 e. The number of hydrogen-bond acceptors (Lipinski definition) is 5. The first-order valence-electron chi connectivity index (χ1n) is 5.84. The Labute approximate surface area is 120 Å². The predicted octanol–water partition coefficient (Wildman–Crippen LogP) is 1.69. The topological polar surface area (TPSA) is 85.1 Å². The van der Waals surface area contributed by atoms with Crippen LogP contribution < -0.4 is 10.5 Å². The third kappa shape index (κ3) is 3.53. The molecule has 0 atom stereocenters. The summed E-state index contributed by atoms with van der Waals surface area (Å²) < 4.78 is 39.8. The molecule has 0 fully saturated rings. The molecular formula is C12H14FN3O2S2. The number of nitrogens with two attached hydrogens (primary N) is 1. The summed E-state index contributed by atoms with van der Waals surface area (Å²) in [6, 6.07) is 3.45. The van der Waals surface area contributed by atoms with Gasteiger partial charge in [0.25, 0.3) is 0 Å². The minimum Gasteiger partial charge on any atom is -0.399 e. The molecule has 8 heteroatoms. The van der Waals surface area contributed by atoms with Gasteiger partial charge in [0.15, 0.2) is 0 Å². The van der Waals surface area contributed by atoms with Gasteiger partial charge in [-0.1, -0.05) is 0 Å². The van der Waals surface area contributed by atoms with Crippen molar-refractivity contribution in [2.45, 2.75) is 18.2 Å². The van der Waals surface area contributed by atoms with Crippen molar-refractivity contribution >= 4 is 27.0 Å². The summed E-state index contributed by atoms with van der Waals surface area (Å²) >= 11 is 1.50. The zero-order valence-electron chi connectivity index (χ0n) is 10.8. The molecule has 1 aromatic heterocycles. The van der Waals surface area contributed by atoms with Crippen LogP contribution >= 0.6 is 11.3 Å². The first-order valence-corrected chi connectivity index (χ1v) is 8.20. The summed E-state index contributed by atoms with van der Waals surface area (Å²) in [6.45, 7) is 2.03. The van der Waals surface area contributed by atoms with Crippen LogP contribution in [0.15, 0.2) is 28.5 Å². The summed E-state index contributed by atoms with van der Waals surface area (Å²) in [4.78, 5) is 3.79. The molecule has 0 saturated carbocycles. The lowest BCUT2D eigenvalue weighted by atomic mass is 10.3. The number of nitrogens with one attached hydrogen (secondary N) is 1. The van der Waals surface area contributed by atoms with E-state index in [4.69, 9.17) is 5.73 Å². The summed E-state index contributed by atoms with van der Waals surface area (Å²) in [5.74, 6) is -0.823. The van der Waals surface area contributed by atoms with Crippen molar-refractivity contribution in [3.63, 3.8) is 0 Å². The van der Waals surface area contributed by atoms with Crippen molar-refractivity contribution in [1.82, 2.24) is 9.71 Å². The Morgan fingerprint density at radius 1 is 1.45 bits per heavy atom. The molecule has 1 aromatic carbocycles. The molecule has 0 spiro atoms. The van der Waals surface area contributed by atoms with E-state index in [2.05, 4.69) is 9.71 Å². The van der Waals surface area contributed by atoms with Crippen LogP contribution in [0.5, 0.6) is 0 Å². The highest BCUT2D eigenvalue weighted by Gasteiger charge is 2.18. The number of benzene rings is 1. The highest BCUT2D eigenvalue weighted by atomic mass is 32.2. The van der Waals surface area contributed by atoms with Gasteiger partial charge in [0.2, 0.25) is 10.0 Å². The van der Waals surface area contributed by atoms with E-state index in [1.165, 1.54) is 17.4 Å². The van der Waals surface area contributed by atoms with Crippen molar-refractivity contribution in [1.29, 1.82) is 0 Å². The number of hydrogen-bond donors (Lipinski definition) is 2. The third-order valence-electron chi connectivity index (χ3n) is 2.58. The van der Waals surface area contributed by atoms with Gasteiger partial charge in [0.1, 0.15) is 10.7 Å². The van der Waals surface area contributed by atoms with Crippen molar-refractivity contribution in [3.8, 4) is 0 Å². The minimum atomic E-state index is -3.91. The molecule has 2 aromatic rings. The summed E-state index contributed by atoms with van der Waals surface area (Å²) in [5, 5.41) is 2.79. The van der Waals surface area contributed by atoms with E-state index < -0.39 is 20.7 Å². The van der Waals surface area contributed by atoms with Crippen molar-refractivity contribution in [2.24, 2.45) is 0 Å². The van der Waals surface area contributed by atoms with Gasteiger partial charge in [0.05, 0.1) is 10.7 Å². The molecule has 0 amide bonds. The molecule has 0 saturated heterocycles. The van der Waals surface area contributed by atoms with Gasteiger partial charge in [-0.15, -0.1) is 11.3 Å². The smallest absolute Gasteiger partial charge is 0.243 e. The van der Waals surface area contributed by atoms with Crippen molar-refractivity contribution < 1.29 is 12.8 Å². The zero-order chi connectivity index (χ0) is 14.8. The number of thiazole rings is 1. The molecular weight excluding hydrogens is 301 g/mol. The van der Waals surface area contributed by atoms with Crippen LogP contribution in [0, 0.1) is 12.7 Å². The zero-order valence-corrected chi connectivity index (χ0v) is 12.4. The molecule has 0 bridgehead atoms. The van der Waals surface area contributed by atoms with Crippen LogP contribution in [0.25, 0.3) is 0 Å². The highest BCUT2D eigenvalue weighted by molar-refractivity contribution is 7.89. The van der Waals surface area contributed by atoms with E-state index in [1.807, 2.05) is 12.3 Å². The molecule has 1 heterocycles. The Hall–Kier alpha value is -1.51. The molecule has 3 N–H and O–H groups in total. The maximum atomic E-state index is 13.5. The number of nitrogen functional groups attached to an aromatic ring is 1. The molecule has 2 rings (SSSR count). The van der Waals surface area contributed by atoms with Gasteiger partial charge in [-0.3, -0.25) is 0 Å². The van der Waals surface area contributed by atoms with Crippen molar-refractivity contribution in [2.75, 3.05) is 12.3 Å². The van der Waals surface area contributed by atoms with Gasteiger partial charge in [-0.05, 0) is 25.1 Å². The fourth-order valence-corrected chi connectivity index (χ4v) is 3.43. The lowest BCUT2D eigenvalue weighted by Gasteiger charge is -2.07. The van der Waals surface area contributed by atoms with Crippen LogP contribution in [-0.2, 0) is 16.4 Å². The van der Waals surface area contributed by atoms with Gasteiger partial charge >= 0.3 is 0 Å². The summed E-state index contributed by atoms with van der Waals surface area (Å²) in [5.41, 5.74) is 6.48. The van der Waals surface area contributed by atoms with Gasteiger partial charge in [-0.2, -0.15) is 0 Å². The lowest BCUT2D eigenvalue weighted by Crippen LogP contribution is -2.27. The Morgan fingerprint density at radius 3 is 2.85 bits per heavy atom. The second kappa shape index (κ2) is 5.86. The number of nitrogens with zero attached hydrogens (tertiary/aromatic N) is 1. The Balaban J connectivity index is 2.06. The van der Waals surface area contributed by atoms with Crippen LogP contribution in [0.1, 0.15) is 10.7 Å². The van der Waals surface area contributed by atoms with Crippen LogP contribution in [0.3, 0.4) is 0 Å². The number of aromatic nitrogens is 1. The molecule has 0 aliphatic carbocycles. The number of anilines is 1. The SMILES string of the molecule is Cc1nc(CCNS(=O)(=O)c2cc(N)ccc2F)cs1. The number of rotatable bonds is 5. The lowest BCUT2D eigenvalue weighted by molar-refractivity contribution is 0.557. The number of sulfonamides is 1. The van der Waals surface area contributed by atoms with Crippen LogP contribution in [0.4, 0.5) is 10.1 Å². The third-order valence-corrected chi connectivity index (χ3v) is 4.88. The summed E-state index contributed by atoms with van der Waals surface area (Å²) in [7, 11) is -3.91. The summed E-state index contributed by atoms with van der Waals surface area (Å²) in [6.07, 6.45) is 0.452. The predicted molar refractivity (Wildman–Crippen MR) is 76.6 cm³/mol. The first-order chi connectivity index (χ1) is 9.38. The number of halogens is 1. The maximum absolute atomic E-state index is 13.5. The molecule has 0 aliphatic rings. The van der Waals surface area contributed by atoms with Crippen LogP contribution in [0.2, 0.25) is 0 Å². The second-order valence-electron chi connectivity index (χ2n) is 4.20. The molecule has 108 valence electrons. The normalized spacial score (nSPS) is 11.7. The second-order valence-corrected chi connectivity index (χ2v) is 6.99.